The quantitative estimate of drug-likeness (QED) is 0.562. The van der Waals surface area contributed by atoms with E-state index in [2.05, 4.69) is 5.32 Å². The molecule has 0 radical (unpaired) electrons. The Morgan fingerprint density at radius 1 is 1.27 bits per heavy atom. The Morgan fingerprint density at radius 2 is 1.87 bits per heavy atom. The van der Waals surface area contributed by atoms with Gasteiger partial charge in [-0.15, -0.1) is 0 Å². The molecule has 1 atom stereocenters. The summed E-state index contributed by atoms with van der Waals surface area (Å²) in [5.41, 5.74) is 1.83. The first-order chi connectivity index (χ1) is 6.99. The fraction of sp³-hybridized carbons (Fsp3) is 0.455. The maximum atomic E-state index is 9.71. The summed E-state index contributed by atoms with van der Waals surface area (Å²) in [6, 6.07) is 1.69. The lowest BCUT2D eigenvalue weighted by Crippen LogP contribution is -2.17. The number of phenolic OH excluding ortho intramolecular Hbond substituents is 2. The number of phenols is 2. The number of benzene rings is 1. The molecule has 4 N–H and O–H groups in total. The first kappa shape index (κ1) is 11.8. The molecule has 15 heavy (non-hydrogen) atoms. The summed E-state index contributed by atoms with van der Waals surface area (Å²) in [5.74, 6) is -0.388. The second-order valence-electron chi connectivity index (χ2n) is 3.68. The minimum absolute atomic E-state index is 0.153. The van der Waals surface area contributed by atoms with Crippen LogP contribution >= 0.6 is 0 Å². The molecule has 0 saturated heterocycles. The molecule has 1 aromatic rings. The lowest BCUT2D eigenvalue weighted by molar-refractivity contribution is 0.173. The Kier molecular flexibility index (Phi) is 3.55. The summed E-state index contributed by atoms with van der Waals surface area (Å²) >= 11 is 0. The molecule has 0 aliphatic carbocycles. The van der Waals surface area contributed by atoms with E-state index in [1.807, 2.05) is 6.92 Å². The number of likely N-dealkylation sites (N-methyl/N-ethyl adjacent to an activating group) is 1. The van der Waals surface area contributed by atoms with E-state index in [-0.39, 0.29) is 11.5 Å². The maximum Gasteiger partial charge on any atom is 0.163 e. The normalized spacial score (nSPS) is 12.8. The van der Waals surface area contributed by atoms with Crippen LogP contribution < -0.4 is 5.32 Å². The number of aliphatic hydroxyl groups is 1. The molecule has 0 saturated carbocycles. The molecule has 0 fully saturated rings. The van der Waals surface area contributed by atoms with Gasteiger partial charge in [0.1, 0.15) is 0 Å². The van der Waals surface area contributed by atoms with Crippen LogP contribution in [-0.2, 0) is 0 Å². The van der Waals surface area contributed by atoms with E-state index in [9.17, 15) is 15.3 Å². The minimum Gasteiger partial charge on any atom is -0.504 e. The van der Waals surface area contributed by atoms with Crippen molar-refractivity contribution in [3.8, 4) is 11.5 Å². The number of rotatable bonds is 3. The van der Waals surface area contributed by atoms with Gasteiger partial charge in [-0.2, -0.15) is 0 Å². The Hall–Kier alpha value is -1.26. The van der Waals surface area contributed by atoms with Crippen molar-refractivity contribution in [1.29, 1.82) is 0 Å². The fourth-order valence-corrected chi connectivity index (χ4v) is 1.47. The zero-order valence-electron chi connectivity index (χ0n) is 9.20. The second kappa shape index (κ2) is 4.51. The zero-order chi connectivity index (χ0) is 11.6. The average Bonchev–Trinajstić information content (AvgIpc) is 2.20. The third kappa shape index (κ3) is 2.22. The van der Waals surface area contributed by atoms with Crippen LogP contribution in [0.4, 0.5) is 0 Å². The third-order valence-electron chi connectivity index (χ3n) is 2.57. The van der Waals surface area contributed by atoms with Gasteiger partial charge in [-0.25, -0.2) is 0 Å². The van der Waals surface area contributed by atoms with Crippen molar-refractivity contribution in [2.24, 2.45) is 0 Å². The first-order valence-corrected chi connectivity index (χ1v) is 4.83. The predicted molar refractivity (Wildman–Crippen MR) is 58.1 cm³/mol. The Bertz CT molecular complexity index is 363. The molecule has 1 rings (SSSR count). The van der Waals surface area contributed by atoms with Gasteiger partial charge < -0.3 is 20.6 Å². The molecule has 0 bridgehead atoms. The predicted octanol–water partition coefficient (Wildman–Crippen LogP) is 0.967. The van der Waals surface area contributed by atoms with Crippen LogP contribution in [0.5, 0.6) is 11.5 Å². The molecule has 0 aromatic heterocycles. The van der Waals surface area contributed by atoms with E-state index >= 15 is 0 Å². The van der Waals surface area contributed by atoms with Gasteiger partial charge >= 0.3 is 0 Å². The highest BCUT2D eigenvalue weighted by atomic mass is 16.3. The molecule has 4 heteroatoms. The summed E-state index contributed by atoms with van der Waals surface area (Å²) in [7, 11) is 1.71. The van der Waals surface area contributed by atoms with Crippen LogP contribution in [0.25, 0.3) is 0 Å². The highest BCUT2D eigenvalue weighted by molar-refractivity contribution is 5.53. The summed E-state index contributed by atoms with van der Waals surface area (Å²) in [6.45, 7) is 3.87. The van der Waals surface area contributed by atoms with Crippen molar-refractivity contribution >= 4 is 0 Å². The van der Waals surface area contributed by atoms with E-state index in [1.165, 1.54) is 0 Å². The van der Waals surface area contributed by atoms with Crippen LogP contribution in [0.2, 0.25) is 0 Å². The molecule has 84 valence electrons. The number of aryl methyl sites for hydroxylation is 1. The van der Waals surface area contributed by atoms with Gasteiger partial charge in [-0.1, -0.05) is 0 Å². The molecular weight excluding hydrogens is 194 g/mol. The highest BCUT2D eigenvalue weighted by Gasteiger charge is 2.17. The highest BCUT2D eigenvalue weighted by Crippen LogP contribution is 2.37. The van der Waals surface area contributed by atoms with E-state index in [0.717, 1.165) is 5.56 Å². The summed E-state index contributed by atoms with van der Waals surface area (Å²) in [5, 5.41) is 31.8. The average molecular weight is 211 g/mol. The molecule has 1 aromatic carbocycles. The van der Waals surface area contributed by atoms with Gasteiger partial charge in [0.05, 0.1) is 6.10 Å². The lowest BCUT2D eigenvalue weighted by atomic mass is 10.00. The van der Waals surface area contributed by atoms with Crippen LogP contribution in [0.1, 0.15) is 22.8 Å². The second-order valence-corrected chi connectivity index (χ2v) is 3.68. The minimum atomic E-state index is -0.819. The van der Waals surface area contributed by atoms with Crippen LogP contribution in [0.15, 0.2) is 6.07 Å². The van der Waals surface area contributed by atoms with Crippen molar-refractivity contribution in [3.63, 3.8) is 0 Å². The fourth-order valence-electron chi connectivity index (χ4n) is 1.47. The monoisotopic (exact) mass is 211 g/mol. The number of aliphatic hydroxyl groups excluding tert-OH is 1. The van der Waals surface area contributed by atoms with Gasteiger partial charge in [-0.3, -0.25) is 0 Å². The van der Waals surface area contributed by atoms with Crippen LogP contribution in [-0.4, -0.2) is 28.9 Å². The topological polar surface area (TPSA) is 72.7 Å². The molecule has 0 spiro atoms. The molecule has 0 aliphatic rings. The van der Waals surface area contributed by atoms with Crippen molar-refractivity contribution in [3.05, 3.63) is 22.8 Å². The van der Waals surface area contributed by atoms with E-state index in [1.54, 1.807) is 20.0 Å². The summed E-state index contributed by atoms with van der Waals surface area (Å²) in [4.78, 5) is 0. The van der Waals surface area contributed by atoms with Crippen molar-refractivity contribution in [1.82, 2.24) is 5.32 Å². The lowest BCUT2D eigenvalue weighted by Gasteiger charge is -2.15. The number of hydrogen-bond donors (Lipinski definition) is 4. The van der Waals surface area contributed by atoms with Crippen LogP contribution in [0.3, 0.4) is 0 Å². The zero-order valence-corrected chi connectivity index (χ0v) is 9.20. The van der Waals surface area contributed by atoms with Crippen molar-refractivity contribution in [2.45, 2.75) is 20.0 Å². The van der Waals surface area contributed by atoms with Gasteiger partial charge in [0.15, 0.2) is 11.5 Å². The number of nitrogens with one attached hydrogen (secondary N) is 1. The van der Waals surface area contributed by atoms with E-state index in [0.29, 0.717) is 17.7 Å². The molecule has 1 unspecified atom stereocenters. The molecule has 0 heterocycles. The molecule has 4 nitrogen and oxygen atoms in total. The summed E-state index contributed by atoms with van der Waals surface area (Å²) in [6.07, 6.45) is -0.819. The Balaban J connectivity index is 3.19. The smallest absolute Gasteiger partial charge is 0.163 e. The standard InChI is InChI=1S/C11H17NO3/c1-6-4-8(9(13)5-12-3)11(15)10(14)7(6)2/h4,9,12-15H,5H2,1-3H3. The molecule has 0 aliphatic heterocycles. The SMILES string of the molecule is CNCC(O)c1cc(C)c(C)c(O)c1O. The first-order valence-electron chi connectivity index (χ1n) is 4.83. The van der Waals surface area contributed by atoms with Gasteiger partial charge in [0, 0.05) is 12.1 Å². The van der Waals surface area contributed by atoms with Crippen molar-refractivity contribution < 1.29 is 15.3 Å². The van der Waals surface area contributed by atoms with E-state index in [4.69, 9.17) is 0 Å². The molecular formula is C11H17NO3. The molecule has 0 amide bonds. The largest absolute Gasteiger partial charge is 0.504 e. The van der Waals surface area contributed by atoms with Gasteiger partial charge in [-0.05, 0) is 38.1 Å². The summed E-state index contributed by atoms with van der Waals surface area (Å²) < 4.78 is 0. The Labute approximate surface area is 89.2 Å². The van der Waals surface area contributed by atoms with Crippen LogP contribution in [0, 0.1) is 13.8 Å². The Morgan fingerprint density at radius 3 is 2.40 bits per heavy atom. The maximum absolute atomic E-state index is 9.71. The van der Waals surface area contributed by atoms with Gasteiger partial charge in [0.2, 0.25) is 0 Å². The number of hydrogen-bond acceptors (Lipinski definition) is 4. The third-order valence-corrected chi connectivity index (χ3v) is 2.57. The number of aromatic hydroxyl groups is 2. The van der Waals surface area contributed by atoms with E-state index < -0.39 is 6.10 Å². The van der Waals surface area contributed by atoms with Crippen molar-refractivity contribution in [2.75, 3.05) is 13.6 Å². The van der Waals surface area contributed by atoms with Gasteiger partial charge in [0.25, 0.3) is 0 Å².